The maximum Gasteiger partial charge on any atom is 0.257 e. The van der Waals surface area contributed by atoms with E-state index < -0.39 is 0 Å². The SMILES string of the molecule is CCCCCCCCCNC(=O)COc1cccc(C(C)=O)c1C(C)=O. The molecule has 0 radical (unpaired) electrons. The number of hydrogen-bond donors (Lipinski definition) is 1. The maximum atomic E-state index is 11.9. The van der Waals surface area contributed by atoms with Gasteiger partial charge >= 0.3 is 0 Å². The van der Waals surface area contributed by atoms with Gasteiger partial charge in [-0.25, -0.2) is 0 Å². The molecule has 0 aliphatic rings. The van der Waals surface area contributed by atoms with Crippen LogP contribution in [0.1, 0.15) is 86.4 Å². The summed E-state index contributed by atoms with van der Waals surface area (Å²) in [5.41, 5.74) is 0.554. The van der Waals surface area contributed by atoms with E-state index in [1.54, 1.807) is 18.2 Å². The second-order valence-electron chi connectivity index (χ2n) is 6.55. The average molecular weight is 361 g/mol. The van der Waals surface area contributed by atoms with Crippen LogP contribution in [0.5, 0.6) is 5.75 Å². The van der Waals surface area contributed by atoms with Crippen LogP contribution in [0.15, 0.2) is 18.2 Å². The molecule has 0 aliphatic carbocycles. The largest absolute Gasteiger partial charge is 0.483 e. The molecule has 1 amide bonds. The topological polar surface area (TPSA) is 72.5 Å². The van der Waals surface area contributed by atoms with Gasteiger partial charge in [0.1, 0.15) is 5.75 Å². The van der Waals surface area contributed by atoms with Crippen molar-refractivity contribution < 1.29 is 19.1 Å². The number of ketones is 2. The van der Waals surface area contributed by atoms with Crippen LogP contribution in [0.3, 0.4) is 0 Å². The molecule has 0 spiro atoms. The van der Waals surface area contributed by atoms with Crippen LogP contribution in [0, 0.1) is 0 Å². The molecular formula is C21H31NO4. The van der Waals surface area contributed by atoms with Crippen LogP contribution in [0.4, 0.5) is 0 Å². The quantitative estimate of drug-likeness (QED) is 0.419. The Labute approximate surface area is 156 Å². The summed E-state index contributed by atoms with van der Waals surface area (Å²) in [6, 6.07) is 4.84. The van der Waals surface area contributed by atoms with Crippen molar-refractivity contribution >= 4 is 17.5 Å². The summed E-state index contributed by atoms with van der Waals surface area (Å²) in [5, 5.41) is 2.83. The molecular weight excluding hydrogens is 330 g/mol. The first-order valence-electron chi connectivity index (χ1n) is 9.51. The normalized spacial score (nSPS) is 10.4. The lowest BCUT2D eigenvalue weighted by Crippen LogP contribution is -2.30. The number of benzene rings is 1. The van der Waals surface area contributed by atoms with E-state index in [1.807, 2.05) is 0 Å². The molecule has 0 atom stereocenters. The second kappa shape index (κ2) is 12.2. The highest BCUT2D eigenvalue weighted by atomic mass is 16.5. The Morgan fingerprint density at radius 1 is 0.923 bits per heavy atom. The number of ether oxygens (including phenoxy) is 1. The Morgan fingerprint density at radius 2 is 1.58 bits per heavy atom. The molecule has 1 rings (SSSR count). The van der Waals surface area contributed by atoms with Crippen molar-refractivity contribution in [1.82, 2.24) is 5.32 Å². The molecule has 5 nitrogen and oxygen atoms in total. The van der Waals surface area contributed by atoms with E-state index in [1.165, 1.54) is 46.0 Å². The lowest BCUT2D eigenvalue weighted by atomic mass is 10.0. The summed E-state index contributed by atoms with van der Waals surface area (Å²) < 4.78 is 5.49. The van der Waals surface area contributed by atoms with Crippen LogP contribution >= 0.6 is 0 Å². The number of Topliss-reactive ketones (excluding diaryl/α,β-unsaturated/α-hetero) is 2. The number of carbonyl (C=O) groups excluding carboxylic acids is 3. The Bertz CT molecular complexity index is 610. The molecule has 1 aromatic carbocycles. The number of hydrogen-bond acceptors (Lipinski definition) is 4. The summed E-state index contributed by atoms with van der Waals surface area (Å²) in [6.07, 6.45) is 8.35. The molecule has 144 valence electrons. The van der Waals surface area contributed by atoms with Gasteiger partial charge in [0.25, 0.3) is 5.91 Å². The van der Waals surface area contributed by atoms with E-state index >= 15 is 0 Å². The minimum Gasteiger partial charge on any atom is -0.483 e. The van der Waals surface area contributed by atoms with Crippen molar-refractivity contribution in [2.75, 3.05) is 13.2 Å². The van der Waals surface area contributed by atoms with E-state index in [9.17, 15) is 14.4 Å². The molecule has 0 saturated heterocycles. The van der Waals surface area contributed by atoms with Gasteiger partial charge in [-0.1, -0.05) is 57.6 Å². The Balaban J connectivity index is 2.38. The fraction of sp³-hybridized carbons (Fsp3) is 0.571. The molecule has 5 heteroatoms. The Morgan fingerprint density at radius 3 is 2.19 bits per heavy atom. The fourth-order valence-corrected chi connectivity index (χ4v) is 2.81. The van der Waals surface area contributed by atoms with Crippen molar-refractivity contribution in [3.8, 4) is 5.75 Å². The summed E-state index contributed by atoms with van der Waals surface area (Å²) in [5.74, 6) is -0.409. The van der Waals surface area contributed by atoms with Crippen LogP contribution < -0.4 is 10.1 Å². The van der Waals surface area contributed by atoms with Gasteiger partial charge in [0, 0.05) is 12.1 Å². The van der Waals surface area contributed by atoms with Gasteiger partial charge in [0.2, 0.25) is 0 Å². The molecule has 0 heterocycles. The first-order chi connectivity index (χ1) is 12.5. The van der Waals surface area contributed by atoms with E-state index in [-0.39, 0.29) is 35.4 Å². The van der Waals surface area contributed by atoms with Crippen molar-refractivity contribution in [3.05, 3.63) is 29.3 Å². The predicted molar refractivity (Wildman–Crippen MR) is 103 cm³/mol. The van der Waals surface area contributed by atoms with E-state index in [4.69, 9.17) is 4.74 Å². The molecule has 0 bridgehead atoms. The third-order valence-electron chi connectivity index (χ3n) is 4.22. The number of unbranched alkanes of at least 4 members (excludes halogenated alkanes) is 6. The van der Waals surface area contributed by atoms with Crippen LogP contribution in [-0.2, 0) is 4.79 Å². The highest BCUT2D eigenvalue weighted by Crippen LogP contribution is 2.23. The van der Waals surface area contributed by atoms with E-state index in [2.05, 4.69) is 12.2 Å². The summed E-state index contributed by atoms with van der Waals surface area (Å²) in [4.78, 5) is 35.4. The average Bonchev–Trinajstić information content (AvgIpc) is 2.61. The predicted octanol–water partition coefficient (Wildman–Crippen LogP) is 4.34. The highest BCUT2D eigenvalue weighted by Gasteiger charge is 2.17. The zero-order valence-electron chi connectivity index (χ0n) is 16.2. The lowest BCUT2D eigenvalue weighted by Gasteiger charge is -2.12. The minimum atomic E-state index is -0.255. The smallest absolute Gasteiger partial charge is 0.257 e. The molecule has 0 aliphatic heterocycles. The van der Waals surface area contributed by atoms with Gasteiger partial charge in [-0.15, -0.1) is 0 Å². The number of amides is 1. The third-order valence-corrected chi connectivity index (χ3v) is 4.22. The lowest BCUT2D eigenvalue weighted by molar-refractivity contribution is -0.123. The number of rotatable bonds is 13. The molecule has 0 saturated carbocycles. The number of nitrogens with one attached hydrogen (secondary N) is 1. The zero-order chi connectivity index (χ0) is 19.4. The van der Waals surface area contributed by atoms with Crippen LogP contribution in [0.25, 0.3) is 0 Å². The molecule has 1 N–H and O–H groups in total. The zero-order valence-corrected chi connectivity index (χ0v) is 16.2. The summed E-state index contributed by atoms with van der Waals surface area (Å²) >= 11 is 0. The Hall–Kier alpha value is -2.17. The molecule has 0 fully saturated rings. The molecule has 0 unspecified atom stereocenters. The monoisotopic (exact) mass is 361 g/mol. The van der Waals surface area contributed by atoms with Gasteiger partial charge in [0.05, 0.1) is 5.56 Å². The van der Waals surface area contributed by atoms with Crippen molar-refractivity contribution in [2.45, 2.75) is 65.7 Å². The highest BCUT2D eigenvalue weighted by molar-refractivity contribution is 6.09. The van der Waals surface area contributed by atoms with Gasteiger partial charge in [-0.05, 0) is 26.3 Å². The third kappa shape index (κ3) is 7.81. The standard InChI is InChI=1S/C21H31NO4/c1-4-5-6-7-8-9-10-14-22-20(25)15-26-19-13-11-12-18(16(2)23)21(19)17(3)24/h11-13H,4-10,14-15H2,1-3H3,(H,22,25). The molecule has 0 aromatic heterocycles. The fourth-order valence-electron chi connectivity index (χ4n) is 2.81. The van der Waals surface area contributed by atoms with Crippen LogP contribution in [-0.4, -0.2) is 30.6 Å². The maximum absolute atomic E-state index is 11.9. The van der Waals surface area contributed by atoms with Crippen LogP contribution in [0.2, 0.25) is 0 Å². The van der Waals surface area contributed by atoms with E-state index in [0.29, 0.717) is 12.1 Å². The first-order valence-corrected chi connectivity index (χ1v) is 9.51. The van der Waals surface area contributed by atoms with Crippen molar-refractivity contribution in [3.63, 3.8) is 0 Å². The minimum absolute atomic E-state index is 0.169. The van der Waals surface area contributed by atoms with E-state index in [0.717, 1.165) is 12.8 Å². The van der Waals surface area contributed by atoms with Gasteiger partial charge < -0.3 is 10.1 Å². The van der Waals surface area contributed by atoms with Gasteiger partial charge in [-0.2, -0.15) is 0 Å². The molecule has 26 heavy (non-hydrogen) atoms. The van der Waals surface area contributed by atoms with Crippen molar-refractivity contribution in [1.29, 1.82) is 0 Å². The summed E-state index contributed by atoms with van der Waals surface area (Å²) in [7, 11) is 0. The Kier molecular flexibility index (Phi) is 10.3. The van der Waals surface area contributed by atoms with Gasteiger partial charge in [-0.3, -0.25) is 14.4 Å². The first kappa shape index (κ1) is 21.9. The van der Waals surface area contributed by atoms with Crippen molar-refractivity contribution in [2.24, 2.45) is 0 Å². The molecule has 1 aromatic rings. The second-order valence-corrected chi connectivity index (χ2v) is 6.55. The summed E-state index contributed by atoms with van der Waals surface area (Å²) in [6.45, 7) is 5.45. The van der Waals surface area contributed by atoms with Gasteiger partial charge in [0.15, 0.2) is 18.2 Å². The number of carbonyl (C=O) groups is 3.